The second-order valence-corrected chi connectivity index (χ2v) is 8.02. The number of methoxy groups -OCH3 is 2. The van der Waals surface area contributed by atoms with E-state index in [1.54, 1.807) is 14.2 Å². The molecule has 0 aromatic heterocycles. The van der Waals surface area contributed by atoms with Gasteiger partial charge in [-0.1, -0.05) is 12.1 Å². The van der Waals surface area contributed by atoms with Crippen molar-refractivity contribution in [2.24, 2.45) is 5.41 Å². The van der Waals surface area contributed by atoms with Crippen molar-refractivity contribution in [2.75, 3.05) is 60.2 Å². The van der Waals surface area contributed by atoms with Crippen molar-refractivity contribution in [3.05, 3.63) is 29.8 Å². The predicted molar refractivity (Wildman–Crippen MR) is 109 cm³/mol. The second-order valence-electron chi connectivity index (χ2n) is 8.02. The van der Waals surface area contributed by atoms with Crippen LogP contribution >= 0.6 is 0 Å². The van der Waals surface area contributed by atoms with Crippen LogP contribution in [0.15, 0.2) is 24.3 Å². The van der Waals surface area contributed by atoms with Gasteiger partial charge in [0.15, 0.2) is 0 Å². The normalized spacial score (nSPS) is 18.3. The first-order valence-corrected chi connectivity index (χ1v) is 10.3. The summed E-state index contributed by atoms with van der Waals surface area (Å²) in [6.45, 7) is 4.12. The number of nitrogens with zero attached hydrogens (tertiary/aromatic N) is 2. The minimum absolute atomic E-state index is 0.0505. The minimum Gasteiger partial charge on any atom is -0.497 e. The van der Waals surface area contributed by atoms with Gasteiger partial charge in [-0.3, -0.25) is 9.59 Å². The van der Waals surface area contributed by atoms with E-state index in [-0.39, 0.29) is 23.8 Å². The van der Waals surface area contributed by atoms with Gasteiger partial charge >= 0.3 is 0 Å². The lowest BCUT2D eigenvalue weighted by Gasteiger charge is -2.39. The molecule has 2 saturated heterocycles. The average Bonchev–Trinajstić information content (AvgIpc) is 3.15. The van der Waals surface area contributed by atoms with Gasteiger partial charge in [-0.25, -0.2) is 0 Å². The molecule has 7 heteroatoms. The maximum Gasteiger partial charge on any atom is 0.248 e. The van der Waals surface area contributed by atoms with Gasteiger partial charge < -0.3 is 24.0 Å². The van der Waals surface area contributed by atoms with Gasteiger partial charge in [-0.2, -0.15) is 0 Å². The minimum atomic E-state index is 0.0505. The molecule has 2 heterocycles. The summed E-state index contributed by atoms with van der Waals surface area (Å²) in [5.41, 5.74) is 1.12. The van der Waals surface area contributed by atoms with Gasteiger partial charge in [0.05, 0.1) is 26.7 Å². The van der Waals surface area contributed by atoms with Crippen LogP contribution in [0.1, 0.15) is 24.8 Å². The molecule has 0 radical (unpaired) electrons. The third-order valence-electron chi connectivity index (χ3n) is 6.11. The van der Waals surface area contributed by atoms with Crippen LogP contribution in [0.3, 0.4) is 0 Å². The molecule has 7 nitrogen and oxygen atoms in total. The zero-order chi connectivity index (χ0) is 20.7. The Morgan fingerprint density at radius 2 is 1.72 bits per heavy atom. The fourth-order valence-corrected chi connectivity index (χ4v) is 4.25. The van der Waals surface area contributed by atoms with Gasteiger partial charge in [-0.15, -0.1) is 0 Å². The Kier molecular flexibility index (Phi) is 7.50. The van der Waals surface area contributed by atoms with Crippen LogP contribution in [0.25, 0.3) is 0 Å². The van der Waals surface area contributed by atoms with Gasteiger partial charge in [-0.05, 0) is 42.4 Å². The molecule has 0 bridgehead atoms. The standard InChI is InChI=1S/C22H32N2O5/c1-27-12-13-29-16-21(26)24-11-8-22(17-24)6-9-23(10-7-22)20(25)15-18-4-3-5-19(14-18)28-2/h3-5,14H,6-13,15-17H2,1-2H3. The van der Waals surface area contributed by atoms with Crippen molar-refractivity contribution >= 4 is 11.8 Å². The van der Waals surface area contributed by atoms with E-state index in [9.17, 15) is 9.59 Å². The Morgan fingerprint density at radius 1 is 1.00 bits per heavy atom. The molecule has 2 fully saturated rings. The molecule has 0 N–H and O–H groups in total. The summed E-state index contributed by atoms with van der Waals surface area (Å²) in [6, 6.07) is 7.67. The highest BCUT2D eigenvalue weighted by molar-refractivity contribution is 5.79. The molecular formula is C22H32N2O5. The molecule has 160 valence electrons. The van der Waals surface area contributed by atoms with Crippen molar-refractivity contribution in [3.63, 3.8) is 0 Å². The Labute approximate surface area is 172 Å². The zero-order valence-corrected chi connectivity index (χ0v) is 17.5. The molecule has 29 heavy (non-hydrogen) atoms. The van der Waals surface area contributed by atoms with E-state index in [4.69, 9.17) is 14.2 Å². The molecule has 1 aromatic carbocycles. The fraction of sp³-hybridized carbons (Fsp3) is 0.636. The van der Waals surface area contributed by atoms with Gasteiger partial charge in [0, 0.05) is 33.3 Å². The molecule has 0 saturated carbocycles. The third-order valence-corrected chi connectivity index (χ3v) is 6.11. The fourth-order valence-electron chi connectivity index (χ4n) is 4.25. The van der Waals surface area contributed by atoms with E-state index < -0.39 is 0 Å². The van der Waals surface area contributed by atoms with Crippen LogP contribution in [-0.2, 0) is 25.5 Å². The van der Waals surface area contributed by atoms with Gasteiger partial charge in [0.25, 0.3) is 0 Å². The first-order chi connectivity index (χ1) is 14.0. The quantitative estimate of drug-likeness (QED) is 0.618. The Hall–Kier alpha value is -2.12. The number of carbonyl (C=O) groups excluding carboxylic acids is 2. The summed E-state index contributed by atoms with van der Waals surface area (Å²) in [5.74, 6) is 0.981. The van der Waals surface area contributed by atoms with E-state index >= 15 is 0 Å². The molecule has 2 amide bonds. The highest BCUT2D eigenvalue weighted by atomic mass is 16.5. The number of amides is 2. The van der Waals surface area contributed by atoms with Crippen molar-refractivity contribution < 1.29 is 23.8 Å². The predicted octanol–water partition coefficient (Wildman–Crippen LogP) is 1.74. The van der Waals surface area contributed by atoms with E-state index in [2.05, 4.69) is 0 Å². The number of hydrogen-bond donors (Lipinski definition) is 0. The van der Waals surface area contributed by atoms with E-state index in [0.717, 1.165) is 56.8 Å². The molecule has 3 rings (SSSR count). The lowest BCUT2D eigenvalue weighted by atomic mass is 9.77. The molecule has 2 aliphatic rings. The Balaban J connectivity index is 1.45. The number of carbonyl (C=O) groups is 2. The highest BCUT2D eigenvalue weighted by Gasteiger charge is 2.42. The maximum absolute atomic E-state index is 12.7. The number of piperidine rings is 1. The summed E-state index contributed by atoms with van der Waals surface area (Å²) in [7, 11) is 3.25. The monoisotopic (exact) mass is 404 g/mol. The van der Waals surface area contributed by atoms with E-state index in [1.807, 2.05) is 34.1 Å². The number of rotatable bonds is 8. The lowest BCUT2D eigenvalue weighted by molar-refractivity contribution is -0.137. The molecule has 0 unspecified atom stereocenters. The number of likely N-dealkylation sites (tertiary alicyclic amines) is 2. The molecule has 1 spiro atoms. The van der Waals surface area contributed by atoms with Gasteiger partial charge in [0.2, 0.25) is 11.8 Å². The first-order valence-electron chi connectivity index (χ1n) is 10.3. The number of benzene rings is 1. The summed E-state index contributed by atoms with van der Waals surface area (Å²) < 4.78 is 15.5. The number of hydrogen-bond acceptors (Lipinski definition) is 5. The van der Waals surface area contributed by atoms with Crippen LogP contribution in [0.4, 0.5) is 0 Å². The third kappa shape index (κ3) is 5.70. The van der Waals surface area contributed by atoms with Crippen LogP contribution in [0.2, 0.25) is 0 Å². The number of ether oxygens (including phenoxy) is 3. The topological polar surface area (TPSA) is 68.3 Å². The van der Waals surface area contributed by atoms with E-state index in [0.29, 0.717) is 19.6 Å². The highest BCUT2D eigenvalue weighted by Crippen LogP contribution is 2.40. The molecule has 2 aliphatic heterocycles. The maximum atomic E-state index is 12.7. The van der Waals surface area contributed by atoms with Gasteiger partial charge in [0.1, 0.15) is 12.4 Å². The van der Waals surface area contributed by atoms with E-state index in [1.165, 1.54) is 0 Å². The lowest BCUT2D eigenvalue weighted by Crippen LogP contribution is -2.45. The van der Waals surface area contributed by atoms with Crippen molar-refractivity contribution in [1.29, 1.82) is 0 Å². The summed E-state index contributed by atoms with van der Waals surface area (Å²) in [6.07, 6.45) is 3.30. The largest absolute Gasteiger partial charge is 0.497 e. The SMILES string of the molecule is COCCOCC(=O)N1CCC2(CCN(C(=O)Cc3cccc(OC)c3)CC2)C1. The van der Waals surface area contributed by atoms with Crippen molar-refractivity contribution in [2.45, 2.75) is 25.7 Å². The average molecular weight is 405 g/mol. The van der Waals surface area contributed by atoms with Crippen LogP contribution in [-0.4, -0.2) is 81.8 Å². The Bertz CT molecular complexity index is 700. The van der Waals surface area contributed by atoms with Crippen molar-refractivity contribution in [3.8, 4) is 5.75 Å². The van der Waals surface area contributed by atoms with Crippen LogP contribution in [0, 0.1) is 5.41 Å². The summed E-state index contributed by atoms with van der Waals surface area (Å²) >= 11 is 0. The van der Waals surface area contributed by atoms with Crippen LogP contribution in [0.5, 0.6) is 5.75 Å². The zero-order valence-electron chi connectivity index (χ0n) is 17.5. The first kappa shape index (κ1) is 21.6. The smallest absolute Gasteiger partial charge is 0.248 e. The summed E-state index contributed by atoms with van der Waals surface area (Å²) in [5, 5.41) is 0. The van der Waals surface area contributed by atoms with Crippen molar-refractivity contribution in [1.82, 2.24) is 9.80 Å². The molecule has 0 aliphatic carbocycles. The Morgan fingerprint density at radius 3 is 2.41 bits per heavy atom. The molecule has 1 aromatic rings. The molecular weight excluding hydrogens is 372 g/mol. The molecule has 0 atom stereocenters. The second kappa shape index (κ2) is 10.1. The summed E-state index contributed by atoms with van der Waals surface area (Å²) in [4.78, 5) is 28.9. The van der Waals surface area contributed by atoms with Crippen LogP contribution < -0.4 is 4.74 Å².